The molecule has 0 atom stereocenters. The number of benzene rings is 1. The van der Waals surface area contributed by atoms with Crippen molar-refractivity contribution in [1.82, 2.24) is 0 Å². The predicted molar refractivity (Wildman–Crippen MR) is 86.8 cm³/mol. The van der Waals surface area contributed by atoms with E-state index in [0.717, 1.165) is 6.07 Å². The quantitative estimate of drug-likeness (QED) is 0.451. The van der Waals surface area contributed by atoms with Gasteiger partial charge in [-0.25, -0.2) is 4.99 Å². The van der Waals surface area contributed by atoms with Crippen LogP contribution >= 0.6 is 24.0 Å². The highest BCUT2D eigenvalue weighted by molar-refractivity contribution is 14.0. The fourth-order valence-electron chi connectivity index (χ4n) is 1.55. The zero-order valence-corrected chi connectivity index (χ0v) is 14.3. The van der Waals surface area contributed by atoms with Gasteiger partial charge in [0, 0.05) is 0 Å². The van der Waals surface area contributed by atoms with Crippen LogP contribution in [-0.4, -0.2) is 11.6 Å². The van der Waals surface area contributed by atoms with Crippen LogP contribution in [0.25, 0.3) is 0 Å². The van der Waals surface area contributed by atoms with E-state index in [1.165, 1.54) is 12.1 Å². The van der Waals surface area contributed by atoms with Gasteiger partial charge in [0.25, 0.3) is 0 Å². The molecule has 0 aliphatic heterocycles. The summed E-state index contributed by atoms with van der Waals surface area (Å²) in [5, 5.41) is 0. The lowest BCUT2D eigenvalue weighted by molar-refractivity contribution is -0.138. The summed E-state index contributed by atoms with van der Waals surface area (Å²) in [6, 6.07) is 3.75. The van der Waals surface area contributed by atoms with E-state index in [1.54, 1.807) is 20.8 Å². The van der Waals surface area contributed by atoms with E-state index in [0.29, 0.717) is 0 Å². The van der Waals surface area contributed by atoms with E-state index in [4.69, 9.17) is 16.2 Å². The lowest BCUT2D eigenvalue weighted by atomic mass is 10.1. The predicted octanol–water partition coefficient (Wildman–Crippen LogP) is 3.27. The molecule has 0 aromatic heterocycles. The molecule has 4 nitrogen and oxygen atoms in total. The first kappa shape index (κ1) is 19.8. The molecule has 21 heavy (non-hydrogen) atoms. The Kier molecular flexibility index (Phi) is 6.78. The highest BCUT2D eigenvalue weighted by atomic mass is 127. The Hall–Kier alpha value is -1.19. The van der Waals surface area contributed by atoms with Crippen molar-refractivity contribution in [2.45, 2.75) is 39.1 Å². The van der Waals surface area contributed by atoms with Crippen LogP contribution in [0.2, 0.25) is 0 Å². The minimum absolute atomic E-state index is 0. The van der Waals surface area contributed by atoms with Crippen molar-refractivity contribution in [2.75, 3.05) is 0 Å². The number of guanidine groups is 1. The molecule has 8 heteroatoms. The zero-order chi connectivity index (χ0) is 15.6. The molecule has 0 unspecified atom stereocenters. The number of rotatable bonds is 3. The lowest BCUT2D eigenvalue weighted by Gasteiger charge is -2.22. The van der Waals surface area contributed by atoms with E-state index in [9.17, 15) is 13.2 Å². The van der Waals surface area contributed by atoms with Gasteiger partial charge in [-0.15, -0.1) is 24.0 Å². The molecule has 0 fully saturated rings. The molecule has 0 radical (unpaired) electrons. The minimum Gasteiger partial charge on any atom is -0.488 e. The molecule has 1 rings (SSSR count). The van der Waals surface area contributed by atoms with Gasteiger partial charge in [0.1, 0.15) is 11.4 Å². The van der Waals surface area contributed by atoms with Crippen molar-refractivity contribution in [3.8, 4) is 5.75 Å². The molecule has 1 aromatic rings. The van der Waals surface area contributed by atoms with E-state index in [1.807, 2.05) is 0 Å². The average molecular weight is 417 g/mol. The monoisotopic (exact) mass is 417 g/mol. The van der Waals surface area contributed by atoms with Gasteiger partial charge in [-0.05, 0) is 38.5 Å². The number of hydrogen-bond acceptors (Lipinski definition) is 2. The van der Waals surface area contributed by atoms with E-state index in [-0.39, 0.29) is 47.8 Å². The molecular weight excluding hydrogens is 398 g/mol. The maximum atomic E-state index is 13.0. The second-order valence-electron chi connectivity index (χ2n) is 5.27. The molecule has 0 saturated carbocycles. The number of alkyl halides is 3. The Morgan fingerprint density at radius 3 is 2.19 bits per heavy atom. The smallest absolute Gasteiger partial charge is 0.416 e. The molecule has 0 bridgehead atoms. The molecule has 0 spiro atoms. The minimum atomic E-state index is -4.49. The molecule has 0 heterocycles. The number of ether oxygens (including phenoxy) is 1. The third-order valence-electron chi connectivity index (χ3n) is 2.24. The van der Waals surface area contributed by atoms with Crippen molar-refractivity contribution in [3.63, 3.8) is 0 Å². The van der Waals surface area contributed by atoms with Crippen LogP contribution in [0.15, 0.2) is 23.2 Å². The van der Waals surface area contributed by atoms with E-state index in [2.05, 4.69) is 4.99 Å². The highest BCUT2D eigenvalue weighted by Gasteiger charge is 2.34. The van der Waals surface area contributed by atoms with Crippen LogP contribution in [0.3, 0.4) is 0 Å². The average Bonchev–Trinajstić information content (AvgIpc) is 2.23. The van der Waals surface area contributed by atoms with Crippen LogP contribution < -0.4 is 16.2 Å². The van der Waals surface area contributed by atoms with Crippen LogP contribution in [0.4, 0.5) is 13.2 Å². The third-order valence-corrected chi connectivity index (χ3v) is 2.24. The molecule has 1 aromatic carbocycles. The Labute approximate surface area is 138 Å². The van der Waals surface area contributed by atoms with Gasteiger partial charge in [0.05, 0.1) is 12.1 Å². The van der Waals surface area contributed by atoms with Crippen LogP contribution in [0.5, 0.6) is 5.75 Å². The first-order chi connectivity index (χ1) is 8.99. The van der Waals surface area contributed by atoms with Gasteiger partial charge in [-0.1, -0.05) is 6.07 Å². The lowest BCUT2D eigenvalue weighted by Crippen LogP contribution is -2.24. The first-order valence-corrected chi connectivity index (χ1v) is 5.93. The summed E-state index contributed by atoms with van der Waals surface area (Å²) in [5.41, 5.74) is 8.88. The molecule has 0 amide bonds. The summed E-state index contributed by atoms with van der Waals surface area (Å²) in [6.45, 7) is 5.04. The topological polar surface area (TPSA) is 73.6 Å². The van der Waals surface area contributed by atoms with Gasteiger partial charge in [-0.2, -0.15) is 13.2 Å². The Bertz CT molecular complexity index is 506. The van der Waals surface area contributed by atoms with Gasteiger partial charge in [0.2, 0.25) is 0 Å². The van der Waals surface area contributed by atoms with Crippen molar-refractivity contribution >= 4 is 29.9 Å². The largest absolute Gasteiger partial charge is 0.488 e. The fourth-order valence-corrected chi connectivity index (χ4v) is 1.55. The van der Waals surface area contributed by atoms with Crippen LogP contribution in [-0.2, 0) is 12.7 Å². The number of halogens is 4. The Morgan fingerprint density at radius 2 is 1.76 bits per heavy atom. The standard InChI is InChI=1S/C13H18F3N3O.HI/c1-12(2,3)20-9-5-4-8(7-19-11(17)18)10(6-9)13(14,15)16;/h4-6H,7H2,1-3H3,(H4,17,18,19);1H. The fraction of sp³-hybridized carbons (Fsp3) is 0.462. The molecule has 4 N–H and O–H groups in total. The SMILES string of the molecule is CC(C)(C)Oc1ccc(CN=C(N)N)c(C(F)(F)F)c1.I. The number of nitrogens with zero attached hydrogens (tertiary/aromatic N) is 1. The van der Waals surface area contributed by atoms with Crippen molar-refractivity contribution in [2.24, 2.45) is 16.5 Å². The van der Waals surface area contributed by atoms with Gasteiger partial charge in [-0.3, -0.25) is 0 Å². The maximum absolute atomic E-state index is 13.0. The number of aliphatic imine (C=N–C) groups is 1. The van der Waals surface area contributed by atoms with Crippen molar-refractivity contribution < 1.29 is 17.9 Å². The zero-order valence-electron chi connectivity index (χ0n) is 12.0. The molecule has 0 saturated heterocycles. The van der Waals surface area contributed by atoms with Gasteiger partial charge < -0.3 is 16.2 Å². The summed E-state index contributed by atoms with van der Waals surface area (Å²) in [6.07, 6.45) is -4.49. The van der Waals surface area contributed by atoms with Crippen LogP contribution in [0, 0.1) is 0 Å². The summed E-state index contributed by atoms with van der Waals surface area (Å²) in [7, 11) is 0. The van der Waals surface area contributed by atoms with E-state index >= 15 is 0 Å². The summed E-state index contributed by atoms with van der Waals surface area (Å²) >= 11 is 0. The van der Waals surface area contributed by atoms with Gasteiger partial charge in [0.15, 0.2) is 5.96 Å². The Morgan fingerprint density at radius 1 is 1.19 bits per heavy atom. The number of hydrogen-bond donors (Lipinski definition) is 2. The van der Waals surface area contributed by atoms with E-state index < -0.39 is 17.3 Å². The summed E-state index contributed by atoms with van der Waals surface area (Å²) < 4.78 is 44.5. The maximum Gasteiger partial charge on any atom is 0.416 e. The molecule has 0 aliphatic carbocycles. The molecule has 120 valence electrons. The van der Waals surface area contributed by atoms with Crippen molar-refractivity contribution in [3.05, 3.63) is 29.3 Å². The normalized spacial score (nSPS) is 11.5. The Balaban J connectivity index is 0.00000400. The second kappa shape index (κ2) is 7.19. The van der Waals surface area contributed by atoms with Gasteiger partial charge >= 0.3 is 6.18 Å². The first-order valence-electron chi connectivity index (χ1n) is 5.93. The van der Waals surface area contributed by atoms with Crippen LogP contribution in [0.1, 0.15) is 31.9 Å². The number of nitrogens with two attached hydrogens (primary N) is 2. The summed E-state index contributed by atoms with van der Waals surface area (Å²) in [5.74, 6) is -0.105. The summed E-state index contributed by atoms with van der Waals surface area (Å²) in [4.78, 5) is 3.60. The highest BCUT2D eigenvalue weighted by Crippen LogP contribution is 2.35. The second-order valence-corrected chi connectivity index (χ2v) is 5.27. The molecule has 0 aliphatic rings. The van der Waals surface area contributed by atoms with Crippen molar-refractivity contribution in [1.29, 1.82) is 0 Å². The third kappa shape index (κ3) is 6.87. The molecular formula is C13H19F3IN3O.